The molecule has 0 aliphatic heterocycles. The first kappa shape index (κ1) is 30.4. The zero-order valence-electron chi connectivity index (χ0n) is 23.9. The molecule has 0 fully saturated rings. The van der Waals surface area contributed by atoms with Crippen molar-refractivity contribution in [3.63, 3.8) is 0 Å². The Morgan fingerprint density at radius 1 is 0.794 bits per heavy atom. The summed E-state index contributed by atoms with van der Waals surface area (Å²) in [5.74, 6) is 0.674. The van der Waals surface area contributed by atoms with Crippen LogP contribution in [0.5, 0.6) is 5.75 Å². The van der Waals surface area contributed by atoms with Crippen LogP contribution in [-0.2, 0) is 6.54 Å². The fraction of sp³-hybridized carbons (Fsp3) is 0.759. The molecule has 0 unspecified atom stereocenters. The molecule has 34 heavy (non-hydrogen) atoms. The van der Waals surface area contributed by atoms with Gasteiger partial charge < -0.3 is 18.6 Å². The number of rotatable bonds is 16. The molecular weight excluding hydrogens is 422 g/mol. The maximum absolute atomic E-state index is 12.0. The highest BCUT2D eigenvalue weighted by Gasteiger charge is 2.28. The van der Waals surface area contributed by atoms with Gasteiger partial charge in [0.25, 0.3) is 0 Å². The molecule has 0 bridgehead atoms. The molecule has 1 aromatic rings. The van der Waals surface area contributed by atoms with E-state index >= 15 is 0 Å². The van der Waals surface area contributed by atoms with E-state index in [4.69, 9.17) is 4.74 Å². The van der Waals surface area contributed by atoms with E-state index in [9.17, 15) is 4.79 Å². The lowest BCUT2D eigenvalue weighted by Gasteiger charge is -2.42. The summed E-state index contributed by atoms with van der Waals surface area (Å²) in [5.41, 5.74) is 1.09. The Hall–Kier alpha value is -1.59. The fourth-order valence-electron chi connectivity index (χ4n) is 4.63. The highest BCUT2D eigenvalue weighted by molar-refractivity contribution is 5.70. The van der Waals surface area contributed by atoms with Gasteiger partial charge in [-0.25, -0.2) is 4.79 Å². The molecule has 196 valence electrons. The number of amides is 1. The molecule has 5 heteroatoms. The summed E-state index contributed by atoms with van der Waals surface area (Å²) in [6, 6.07) is 9.31. The Balaban J connectivity index is 2.26. The van der Waals surface area contributed by atoms with Crippen LogP contribution in [0.3, 0.4) is 0 Å². The Morgan fingerprint density at radius 3 is 1.76 bits per heavy atom. The monoisotopic (exact) mass is 477 g/mol. The second-order valence-electron chi connectivity index (χ2n) is 11.8. The number of ether oxygens (including phenoxy) is 1. The van der Waals surface area contributed by atoms with Crippen molar-refractivity contribution in [2.24, 2.45) is 0 Å². The summed E-state index contributed by atoms with van der Waals surface area (Å²) in [6.07, 6.45) is 10.4. The minimum Gasteiger partial charge on any atom is -0.410 e. The summed E-state index contributed by atoms with van der Waals surface area (Å²) in [4.78, 5) is 13.4. The molecule has 0 saturated heterocycles. The van der Waals surface area contributed by atoms with Crippen LogP contribution in [0.4, 0.5) is 4.79 Å². The van der Waals surface area contributed by atoms with Gasteiger partial charge in [-0.3, -0.25) is 0 Å². The van der Waals surface area contributed by atoms with E-state index in [0.717, 1.165) is 23.1 Å². The van der Waals surface area contributed by atoms with E-state index in [2.05, 4.69) is 54.9 Å². The predicted octanol–water partition coefficient (Wildman–Crippen LogP) is 6.71. The van der Waals surface area contributed by atoms with Gasteiger partial charge in [-0.1, -0.05) is 37.8 Å². The molecule has 0 heterocycles. The number of carbonyl (C=O) groups is 1. The molecule has 0 N–H and O–H groups in total. The average molecular weight is 478 g/mol. The van der Waals surface area contributed by atoms with Gasteiger partial charge in [0, 0.05) is 19.7 Å². The van der Waals surface area contributed by atoms with Gasteiger partial charge in [-0.15, -0.1) is 0 Å². The molecule has 0 atom stereocenters. The van der Waals surface area contributed by atoms with Crippen molar-refractivity contribution in [2.75, 3.05) is 48.3 Å². The first-order chi connectivity index (χ1) is 15.9. The Morgan fingerprint density at radius 2 is 1.26 bits per heavy atom. The predicted molar refractivity (Wildman–Crippen MR) is 145 cm³/mol. The summed E-state index contributed by atoms with van der Waals surface area (Å²) in [6.45, 7) is 12.7. The SMILES string of the molecule is CC(C)[N+](C)(CCCCCCCCCC[N+](C)(C)Cc1ccccc1OC(=O)N(C)C)C(C)C. The molecule has 0 spiro atoms. The number of carbonyl (C=O) groups excluding carboxylic acids is 1. The lowest BCUT2D eigenvalue weighted by Crippen LogP contribution is -2.54. The quantitative estimate of drug-likeness (QED) is 0.196. The van der Waals surface area contributed by atoms with Crippen LogP contribution in [0, 0.1) is 0 Å². The lowest BCUT2D eigenvalue weighted by atomic mass is 10.1. The second-order valence-corrected chi connectivity index (χ2v) is 11.8. The van der Waals surface area contributed by atoms with Gasteiger partial charge in [-0.2, -0.15) is 0 Å². The van der Waals surface area contributed by atoms with Crippen molar-refractivity contribution in [1.29, 1.82) is 0 Å². The van der Waals surface area contributed by atoms with Crippen LogP contribution in [0.2, 0.25) is 0 Å². The van der Waals surface area contributed by atoms with Crippen LogP contribution in [0.1, 0.15) is 84.6 Å². The van der Waals surface area contributed by atoms with Crippen molar-refractivity contribution in [3.8, 4) is 5.75 Å². The third-order valence-electron chi connectivity index (χ3n) is 7.65. The summed E-state index contributed by atoms with van der Waals surface area (Å²) >= 11 is 0. The minimum atomic E-state index is -0.328. The van der Waals surface area contributed by atoms with Crippen molar-refractivity contribution < 1.29 is 18.5 Å². The van der Waals surface area contributed by atoms with E-state index < -0.39 is 0 Å². The van der Waals surface area contributed by atoms with Crippen molar-refractivity contribution in [3.05, 3.63) is 29.8 Å². The number of quaternary nitrogens is 2. The topological polar surface area (TPSA) is 29.5 Å². The third-order valence-corrected chi connectivity index (χ3v) is 7.65. The lowest BCUT2D eigenvalue weighted by molar-refractivity contribution is -0.949. The second kappa shape index (κ2) is 14.7. The first-order valence-corrected chi connectivity index (χ1v) is 13.5. The van der Waals surface area contributed by atoms with Crippen molar-refractivity contribution >= 4 is 6.09 Å². The number of nitrogens with zero attached hydrogens (tertiary/aromatic N) is 3. The van der Waals surface area contributed by atoms with Gasteiger partial charge in [0.1, 0.15) is 12.3 Å². The van der Waals surface area contributed by atoms with Gasteiger partial charge in [0.15, 0.2) is 0 Å². The number of hydrogen-bond donors (Lipinski definition) is 0. The number of unbranched alkanes of at least 4 members (excludes halogenated alkanes) is 7. The summed E-state index contributed by atoms with van der Waals surface area (Å²) < 4.78 is 7.66. The smallest absolute Gasteiger partial charge is 0.410 e. The zero-order valence-corrected chi connectivity index (χ0v) is 23.9. The van der Waals surface area contributed by atoms with Crippen LogP contribution in [0.25, 0.3) is 0 Å². The summed E-state index contributed by atoms with van der Waals surface area (Å²) in [7, 11) is 10.4. The molecule has 5 nitrogen and oxygen atoms in total. The van der Waals surface area contributed by atoms with Gasteiger partial charge in [0.05, 0.1) is 46.3 Å². The molecular formula is C29H55N3O2+2. The highest BCUT2D eigenvalue weighted by atomic mass is 16.6. The van der Waals surface area contributed by atoms with E-state index in [1.807, 2.05) is 18.2 Å². The van der Waals surface area contributed by atoms with Crippen molar-refractivity contribution in [1.82, 2.24) is 4.90 Å². The number of para-hydroxylation sites is 1. The maximum atomic E-state index is 12.0. The summed E-state index contributed by atoms with van der Waals surface area (Å²) in [5, 5.41) is 0. The molecule has 0 aliphatic carbocycles. The van der Waals surface area contributed by atoms with Gasteiger partial charge in [-0.05, 0) is 65.5 Å². The van der Waals surface area contributed by atoms with Gasteiger partial charge in [0.2, 0.25) is 0 Å². The Bertz CT molecular complexity index is 705. The average Bonchev–Trinajstić information content (AvgIpc) is 2.75. The molecule has 1 rings (SSSR count). The molecule has 0 aromatic heterocycles. The molecule has 0 aliphatic rings. The normalized spacial score (nSPS) is 12.4. The third kappa shape index (κ3) is 10.8. The van der Waals surface area contributed by atoms with Crippen LogP contribution < -0.4 is 4.74 Å². The van der Waals surface area contributed by atoms with E-state index in [0.29, 0.717) is 17.8 Å². The minimum absolute atomic E-state index is 0.328. The van der Waals surface area contributed by atoms with Crippen LogP contribution in [0.15, 0.2) is 24.3 Å². The molecule has 0 radical (unpaired) electrons. The van der Waals surface area contributed by atoms with E-state index in [1.165, 1.54) is 67.3 Å². The zero-order chi connectivity index (χ0) is 25.8. The number of hydrogen-bond acceptors (Lipinski definition) is 2. The Kier molecular flexibility index (Phi) is 13.2. The highest BCUT2D eigenvalue weighted by Crippen LogP contribution is 2.23. The first-order valence-electron chi connectivity index (χ1n) is 13.5. The fourth-order valence-corrected chi connectivity index (χ4v) is 4.63. The number of benzene rings is 1. The molecule has 1 amide bonds. The van der Waals surface area contributed by atoms with E-state index in [-0.39, 0.29) is 6.09 Å². The molecule has 1 aromatic carbocycles. The molecule has 0 saturated carbocycles. The maximum Gasteiger partial charge on any atom is 0.414 e. The van der Waals surface area contributed by atoms with Crippen LogP contribution in [-0.4, -0.2) is 80.4 Å². The van der Waals surface area contributed by atoms with Gasteiger partial charge >= 0.3 is 6.09 Å². The standard InChI is InChI=1S/C29H55N3O2/c1-25(2)32(9,26(3)4)23-19-15-13-11-10-12-14-18-22-31(7,8)24-27-20-16-17-21-28(27)34-29(33)30(5)6/h16-17,20-21,25-26H,10-15,18-19,22-24H2,1-9H3/q+2. The van der Waals surface area contributed by atoms with E-state index in [1.54, 1.807) is 14.1 Å². The Labute approximate surface area is 211 Å². The largest absolute Gasteiger partial charge is 0.414 e. The van der Waals surface area contributed by atoms with Crippen LogP contribution >= 0.6 is 0 Å². The van der Waals surface area contributed by atoms with Crippen molar-refractivity contribution in [2.45, 2.75) is 97.7 Å².